The van der Waals surface area contributed by atoms with E-state index in [0.29, 0.717) is 43.2 Å². The van der Waals surface area contributed by atoms with Crippen LogP contribution in [0, 0.1) is 10.1 Å². The molecule has 0 saturated carbocycles. The molecule has 2 amide bonds. The van der Waals surface area contributed by atoms with Crippen molar-refractivity contribution >= 4 is 41.3 Å². The summed E-state index contributed by atoms with van der Waals surface area (Å²) in [7, 11) is 0. The molecule has 0 unspecified atom stereocenters. The van der Waals surface area contributed by atoms with Gasteiger partial charge in [0.25, 0.3) is 23.2 Å². The molecule has 0 atom stereocenters. The van der Waals surface area contributed by atoms with Gasteiger partial charge in [0.1, 0.15) is 11.4 Å². The van der Waals surface area contributed by atoms with Crippen molar-refractivity contribution in [3.8, 4) is 0 Å². The molecule has 13 heteroatoms. The summed E-state index contributed by atoms with van der Waals surface area (Å²) in [4.78, 5) is 38.2. The Morgan fingerprint density at radius 3 is 1.87 bits per heavy atom. The van der Waals surface area contributed by atoms with Gasteiger partial charge >= 0.3 is 0 Å². The molecule has 0 spiro atoms. The second kappa shape index (κ2) is 13.9. The van der Waals surface area contributed by atoms with Gasteiger partial charge in [-0.2, -0.15) is 0 Å². The Kier molecular flexibility index (Phi) is 9.55. The van der Waals surface area contributed by atoms with Crippen LogP contribution in [0.3, 0.4) is 0 Å². The first kappa shape index (κ1) is 31.6. The number of nitrogens with zero attached hydrogens (tertiary/aromatic N) is 4. The first-order chi connectivity index (χ1) is 22.2. The van der Waals surface area contributed by atoms with Crippen molar-refractivity contribution in [1.29, 1.82) is 0 Å². The SMILES string of the molecule is C=[N+](O)c1cccc(C(=O)NO)c1N1CCc2ccccc2C1.O=C(NO)c1ccc(N2CCc3ccccc3C2)c([N+](=O)[O-])c1. The lowest BCUT2D eigenvalue weighted by molar-refractivity contribution is -0.706. The summed E-state index contributed by atoms with van der Waals surface area (Å²) in [5.74, 6) is -1.40. The topological polar surface area (TPSA) is 172 Å². The molecule has 4 aromatic carbocycles. The molecule has 0 fully saturated rings. The number of para-hydroxylation sites is 1. The van der Waals surface area contributed by atoms with Crippen molar-refractivity contribution < 1.29 is 34.9 Å². The van der Waals surface area contributed by atoms with Crippen LogP contribution in [0.2, 0.25) is 0 Å². The average molecular weight is 626 g/mol. The number of amides is 2. The van der Waals surface area contributed by atoms with E-state index < -0.39 is 16.7 Å². The molecule has 0 bridgehead atoms. The van der Waals surface area contributed by atoms with Crippen LogP contribution in [0.1, 0.15) is 43.0 Å². The Bertz CT molecular complexity index is 1800. The summed E-state index contributed by atoms with van der Waals surface area (Å²) in [5.41, 5.74) is 9.61. The zero-order chi connectivity index (χ0) is 32.8. The van der Waals surface area contributed by atoms with Gasteiger partial charge in [-0.15, -0.1) is 0 Å². The predicted molar refractivity (Wildman–Crippen MR) is 169 cm³/mol. The molecule has 2 heterocycles. The number of nitro benzene ring substituents is 1. The lowest BCUT2D eigenvalue weighted by atomic mass is 9.98. The fourth-order valence-corrected chi connectivity index (χ4v) is 5.85. The second-order valence-corrected chi connectivity index (χ2v) is 10.8. The molecule has 0 aromatic heterocycles. The van der Waals surface area contributed by atoms with Crippen LogP contribution in [-0.4, -0.2) is 56.9 Å². The van der Waals surface area contributed by atoms with Gasteiger partial charge in [-0.25, -0.2) is 11.0 Å². The van der Waals surface area contributed by atoms with Crippen molar-refractivity contribution in [2.45, 2.75) is 25.9 Å². The number of benzene rings is 4. The number of hydroxylamine groups is 2. The third-order valence-electron chi connectivity index (χ3n) is 8.09. The van der Waals surface area contributed by atoms with Gasteiger partial charge in [-0.05, 0) is 53.3 Å². The van der Waals surface area contributed by atoms with Crippen molar-refractivity contribution in [3.63, 3.8) is 0 Å². The molecule has 0 saturated heterocycles. The minimum absolute atomic E-state index is 0.0420. The van der Waals surface area contributed by atoms with Crippen LogP contribution in [0.4, 0.5) is 22.7 Å². The van der Waals surface area contributed by atoms with Crippen LogP contribution in [0.15, 0.2) is 84.9 Å². The number of carbonyl (C=O) groups is 2. The number of hydrogen-bond acceptors (Lipinski definition) is 9. The number of rotatable bonds is 6. The third kappa shape index (κ3) is 6.65. The molecule has 2 aliphatic heterocycles. The molecule has 6 rings (SSSR count). The van der Waals surface area contributed by atoms with E-state index in [-0.39, 0.29) is 16.8 Å². The van der Waals surface area contributed by atoms with Crippen molar-refractivity contribution in [2.24, 2.45) is 0 Å². The summed E-state index contributed by atoms with van der Waals surface area (Å²) in [5, 5.41) is 38.8. The summed E-state index contributed by atoms with van der Waals surface area (Å²) in [6.45, 7) is 6.08. The Hall–Kier alpha value is -5.79. The monoisotopic (exact) mass is 625 g/mol. The highest BCUT2D eigenvalue weighted by Crippen LogP contribution is 2.35. The van der Waals surface area contributed by atoms with E-state index in [9.17, 15) is 24.9 Å². The highest BCUT2D eigenvalue weighted by atomic mass is 16.6. The first-order valence-corrected chi connectivity index (χ1v) is 14.4. The zero-order valence-electron chi connectivity index (χ0n) is 24.8. The molecule has 13 nitrogen and oxygen atoms in total. The molecule has 0 aliphatic carbocycles. The Balaban J connectivity index is 0.000000181. The molecule has 46 heavy (non-hydrogen) atoms. The molecule has 236 valence electrons. The number of nitro groups is 1. The molecule has 2 aliphatic rings. The van der Waals surface area contributed by atoms with E-state index in [1.807, 2.05) is 40.1 Å². The molecule has 5 N–H and O–H groups in total. The van der Waals surface area contributed by atoms with Crippen molar-refractivity contribution in [1.82, 2.24) is 11.0 Å². The summed E-state index contributed by atoms with van der Waals surface area (Å²) >= 11 is 0. The van der Waals surface area contributed by atoms with Crippen molar-refractivity contribution in [3.05, 3.63) is 128 Å². The van der Waals surface area contributed by atoms with E-state index in [2.05, 4.69) is 24.9 Å². The van der Waals surface area contributed by atoms with Gasteiger partial charge in [-0.1, -0.05) is 54.6 Å². The van der Waals surface area contributed by atoms with Gasteiger partial charge < -0.3 is 9.80 Å². The van der Waals surface area contributed by atoms with Crippen LogP contribution in [0.25, 0.3) is 0 Å². The van der Waals surface area contributed by atoms with Crippen LogP contribution >= 0.6 is 0 Å². The fraction of sp³-hybridized carbons (Fsp3) is 0.182. The molecular weight excluding hydrogens is 592 g/mol. The lowest BCUT2D eigenvalue weighted by Crippen LogP contribution is -2.33. The Labute approximate surface area is 264 Å². The number of anilines is 2. The summed E-state index contributed by atoms with van der Waals surface area (Å²) < 4.78 is 0.740. The zero-order valence-corrected chi connectivity index (χ0v) is 24.8. The Morgan fingerprint density at radius 1 is 0.739 bits per heavy atom. The van der Waals surface area contributed by atoms with Gasteiger partial charge in [0, 0.05) is 48.6 Å². The van der Waals surface area contributed by atoms with Gasteiger partial charge in [0.15, 0.2) is 6.72 Å². The van der Waals surface area contributed by atoms with Gasteiger partial charge in [0.05, 0.1) is 10.5 Å². The highest BCUT2D eigenvalue weighted by molar-refractivity contribution is 6.01. The van der Waals surface area contributed by atoms with E-state index in [1.165, 1.54) is 34.3 Å². The molecule has 4 aromatic rings. The summed E-state index contributed by atoms with van der Waals surface area (Å²) in [6, 6.07) is 25.3. The van der Waals surface area contributed by atoms with Crippen LogP contribution < -0.4 is 20.8 Å². The largest absolute Gasteiger partial charge is 0.361 e. The van der Waals surface area contributed by atoms with E-state index in [0.717, 1.165) is 23.1 Å². The number of carbonyl (C=O) groups excluding carboxylic acids is 2. The average Bonchev–Trinajstić information content (AvgIpc) is 3.10. The predicted octanol–water partition coefficient (Wildman–Crippen LogP) is 4.38. The quantitative estimate of drug-likeness (QED) is 0.0521. The smallest absolute Gasteiger partial charge is 0.293 e. The second-order valence-electron chi connectivity index (χ2n) is 10.8. The van der Waals surface area contributed by atoms with Crippen molar-refractivity contribution in [2.75, 3.05) is 22.9 Å². The molecular formula is C33H33N6O7+. The van der Waals surface area contributed by atoms with Gasteiger partial charge in [0.2, 0.25) is 0 Å². The highest BCUT2D eigenvalue weighted by Gasteiger charge is 2.28. The maximum atomic E-state index is 12.0. The lowest BCUT2D eigenvalue weighted by Gasteiger charge is -2.31. The minimum Gasteiger partial charge on any atom is -0.361 e. The third-order valence-corrected chi connectivity index (χ3v) is 8.09. The molecule has 0 radical (unpaired) electrons. The van der Waals surface area contributed by atoms with Gasteiger partial charge in [-0.3, -0.25) is 35.3 Å². The normalized spacial score (nSPS) is 13.3. The Morgan fingerprint density at radius 2 is 1.30 bits per heavy atom. The summed E-state index contributed by atoms with van der Waals surface area (Å²) in [6.07, 6.45) is 1.65. The first-order valence-electron chi connectivity index (χ1n) is 14.4. The van der Waals surface area contributed by atoms with E-state index >= 15 is 0 Å². The number of hydrogen-bond donors (Lipinski definition) is 5. The van der Waals surface area contributed by atoms with E-state index in [1.54, 1.807) is 29.7 Å². The number of fused-ring (bicyclic) bond motifs is 2. The van der Waals surface area contributed by atoms with E-state index in [4.69, 9.17) is 10.4 Å². The minimum atomic E-state index is -0.774. The van der Waals surface area contributed by atoms with Crippen LogP contribution in [0.5, 0.6) is 0 Å². The maximum absolute atomic E-state index is 12.0. The van der Waals surface area contributed by atoms with Crippen LogP contribution in [-0.2, 0) is 25.9 Å². The standard InChI is InChI=1S/C17H17N3O3.C16H15N3O4/c1-19(23)15-8-4-7-14(17(21)18-22)16(15)20-10-9-12-5-2-3-6-13(12)11-20;20-16(17-21)12-5-6-14(15(9-12)19(22)23)18-8-7-11-3-1-2-4-13(11)10-18/h2-8H,1,9-11H2,(H2-,18,21,22,23);1-6,9,21H,7-8,10H2,(H,17,20)/p+1. The fourth-order valence-electron chi connectivity index (χ4n) is 5.85. The maximum Gasteiger partial charge on any atom is 0.293 e. The number of nitrogens with one attached hydrogen (secondary N) is 2.